The summed E-state index contributed by atoms with van der Waals surface area (Å²) in [7, 11) is 1.57. The lowest BCUT2D eigenvalue weighted by Crippen LogP contribution is -2.34. The number of carbonyl (C=O) groups is 1. The minimum absolute atomic E-state index is 0.0994. The molecule has 0 spiro atoms. The van der Waals surface area contributed by atoms with Gasteiger partial charge in [0.15, 0.2) is 0 Å². The van der Waals surface area contributed by atoms with Crippen LogP contribution in [0.4, 0.5) is 5.69 Å². The van der Waals surface area contributed by atoms with E-state index in [9.17, 15) is 4.79 Å². The van der Waals surface area contributed by atoms with Crippen LogP contribution in [0, 0.1) is 0 Å². The Kier molecular flexibility index (Phi) is 3.78. The molecule has 2 rings (SSSR count). The van der Waals surface area contributed by atoms with Gasteiger partial charge in [-0.15, -0.1) is 0 Å². The molecule has 1 saturated heterocycles. The highest BCUT2D eigenvalue weighted by Crippen LogP contribution is 2.21. The van der Waals surface area contributed by atoms with Crippen LogP contribution in [0.15, 0.2) is 18.2 Å². The number of hydrogen-bond acceptors (Lipinski definition) is 4. The van der Waals surface area contributed by atoms with Crippen LogP contribution >= 0.6 is 11.8 Å². The van der Waals surface area contributed by atoms with Gasteiger partial charge in [0.2, 0.25) is 0 Å². The predicted molar refractivity (Wildman–Crippen MR) is 70.6 cm³/mol. The molecule has 0 saturated carbocycles. The molecule has 1 aliphatic heterocycles. The molecule has 3 N–H and O–H groups in total. The summed E-state index contributed by atoms with van der Waals surface area (Å²) < 4.78 is 5.05. The number of ether oxygens (including phenoxy) is 1. The quantitative estimate of drug-likeness (QED) is 0.800. The molecule has 17 heavy (non-hydrogen) atoms. The first kappa shape index (κ1) is 12.1. The molecule has 1 heterocycles. The number of anilines is 1. The SMILES string of the molecule is COc1ccc(C(=O)NC2CCSC2)c(N)c1. The third-order valence-corrected chi connectivity index (χ3v) is 3.93. The van der Waals surface area contributed by atoms with Crippen LogP contribution in [-0.4, -0.2) is 30.6 Å². The second kappa shape index (κ2) is 5.31. The third kappa shape index (κ3) is 2.85. The molecule has 0 aliphatic carbocycles. The van der Waals surface area contributed by atoms with E-state index in [1.165, 1.54) is 0 Å². The Bertz CT molecular complexity index is 417. The topological polar surface area (TPSA) is 64.3 Å². The first-order valence-electron chi connectivity index (χ1n) is 5.53. The summed E-state index contributed by atoms with van der Waals surface area (Å²) in [6.45, 7) is 0. The molecule has 1 amide bonds. The number of amides is 1. The van der Waals surface area contributed by atoms with Crippen molar-refractivity contribution >= 4 is 23.4 Å². The smallest absolute Gasteiger partial charge is 0.253 e. The molecular formula is C12H16N2O2S. The summed E-state index contributed by atoms with van der Waals surface area (Å²) in [4.78, 5) is 12.0. The Labute approximate surface area is 105 Å². The van der Waals surface area contributed by atoms with Crippen molar-refractivity contribution in [1.82, 2.24) is 5.32 Å². The first-order valence-corrected chi connectivity index (χ1v) is 6.68. The maximum absolute atomic E-state index is 12.0. The van der Waals surface area contributed by atoms with E-state index in [1.807, 2.05) is 11.8 Å². The first-order chi connectivity index (χ1) is 8.20. The number of carbonyl (C=O) groups excluding carboxylic acids is 1. The average Bonchev–Trinajstić information content (AvgIpc) is 2.81. The van der Waals surface area contributed by atoms with Crippen molar-refractivity contribution in [2.24, 2.45) is 0 Å². The van der Waals surface area contributed by atoms with Gasteiger partial charge in [-0.05, 0) is 24.3 Å². The van der Waals surface area contributed by atoms with Gasteiger partial charge in [0.1, 0.15) is 5.75 Å². The van der Waals surface area contributed by atoms with E-state index in [-0.39, 0.29) is 11.9 Å². The standard InChI is InChI=1S/C12H16N2O2S/c1-16-9-2-3-10(11(13)6-9)12(15)14-8-4-5-17-7-8/h2-3,6,8H,4-5,7,13H2,1H3,(H,14,15). The number of hydrogen-bond donors (Lipinski definition) is 2. The number of nitrogens with one attached hydrogen (secondary N) is 1. The number of benzene rings is 1. The summed E-state index contributed by atoms with van der Waals surface area (Å²) >= 11 is 1.86. The Morgan fingerprint density at radius 2 is 2.41 bits per heavy atom. The van der Waals surface area contributed by atoms with Crippen LogP contribution in [0.2, 0.25) is 0 Å². The fraction of sp³-hybridized carbons (Fsp3) is 0.417. The summed E-state index contributed by atoms with van der Waals surface area (Å²) in [6, 6.07) is 5.38. The summed E-state index contributed by atoms with van der Waals surface area (Å²) in [5.41, 5.74) is 6.79. The summed E-state index contributed by atoms with van der Waals surface area (Å²) in [5, 5.41) is 2.99. The molecular weight excluding hydrogens is 236 g/mol. The fourth-order valence-electron chi connectivity index (χ4n) is 1.79. The zero-order valence-electron chi connectivity index (χ0n) is 9.73. The van der Waals surface area contributed by atoms with Gasteiger partial charge in [-0.2, -0.15) is 11.8 Å². The maximum Gasteiger partial charge on any atom is 0.253 e. The molecule has 92 valence electrons. The summed E-state index contributed by atoms with van der Waals surface area (Å²) in [5.74, 6) is 2.67. The zero-order chi connectivity index (χ0) is 12.3. The number of nitrogens with two attached hydrogens (primary N) is 1. The monoisotopic (exact) mass is 252 g/mol. The van der Waals surface area contributed by atoms with Crippen molar-refractivity contribution < 1.29 is 9.53 Å². The molecule has 1 aromatic rings. The second-order valence-electron chi connectivity index (χ2n) is 3.99. The number of rotatable bonds is 3. The van der Waals surface area contributed by atoms with E-state index in [4.69, 9.17) is 10.5 Å². The number of nitrogen functional groups attached to an aromatic ring is 1. The van der Waals surface area contributed by atoms with E-state index in [0.29, 0.717) is 17.0 Å². The van der Waals surface area contributed by atoms with Crippen LogP contribution < -0.4 is 15.8 Å². The molecule has 1 aliphatic rings. The normalized spacial score (nSPS) is 19.0. The molecule has 4 nitrogen and oxygen atoms in total. The van der Waals surface area contributed by atoms with Crippen LogP contribution in [-0.2, 0) is 0 Å². The average molecular weight is 252 g/mol. The van der Waals surface area contributed by atoms with Crippen molar-refractivity contribution in [1.29, 1.82) is 0 Å². The molecule has 0 bridgehead atoms. The molecule has 1 atom stereocenters. The van der Waals surface area contributed by atoms with Gasteiger partial charge in [0.25, 0.3) is 5.91 Å². The van der Waals surface area contributed by atoms with Crippen LogP contribution in [0.5, 0.6) is 5.75 Å². The predicted octanol–water partition coefficient (Wildman–Crippen LogP) is 1.51. The summed E-state index contributed by atoms with van der Waals surface area (Å²) in [6.07, 6.45) is 1.03. The Morgan fingerprint density at radius 3 is 3.00 bits per heavy atom. The van der Waals surface area contributed by atoms with Crippen LogP contribution in [0.1, 0.15) is 16.8 Å². The van der Waals surface area contributed by atoms with Crippen molar-refractivity contribution in [2.45, 2.75) is 12.5 Å². The van der Waals surface area contributed by atoms with Crippen molar-refractivity contribution in [3.05, 3.63) is 23.8 Å². The van der Waals surface area contributed by atoms with Crippen molar-refractivity contribution in [2.75, 3.05) is 24.3 Å². The van der Waals surface area contributed by atoms with Gasteiger partial charge in [-0.25, -0.2) is 0 Å². The minimum Gasteiger partial charge on any atom is -0.497 e. The van der Waals surface area contributed by atoms with Gasteiger partial charge in [0.05, 0.1) is 12.7 Å². The number of thioether (sulfide) groups is 1. The molecule has 0 radical (unpaired) electrons. The Balaban J connectivity index is 2.07. The van der Waals surface area contributed by atoms with E-state index in [0.717, 1.165) is 17.9 Å². The molecule has 1 aromatic carbocycles. The lowest BCUT2D eigenvalue weighted by molar-refractivity contribution is 0.0942. The highest BCUT2D eigenvalue weighted by Gasteiger charge is 2.19. The van der Waals surface area contributed by atoms with Gasteiger partial charge in [-0.1, -0.05) is 0 Å². The molecule has 0 aromatic heterocycles. The third-order valence-electron chi connectivity index (χ3n) is 2.77. The van der Waals surface area contributed by atoms with Gasteiger partial charge < -0.3 is 15.8 Å². The lowest BCUT2D eigenvalue weighted by Gasteiger charge is -2.13. The Morgan fingerprint density at radius 1 is 1.59 bits per heavy atom. The molecule has 1 unspecified atom stereocenters. The van der Waals surface area contributed by atoms with E-state index in [1.54, 1.807) is 25.3 Å². The lowest BCUT2D eigenvalue weighted by atomic mass is 10.1. The fourth-order valence-corrected chi connectivity index (χ4v) is 2.94. The highest BCUT2D eigenvalue weighted by atomic mass is 32.2. The number of methoxy groups -OCH3 is 1. The van der Waals surface area contributed by atoms with Gasteiger partial charge in [0, 0.05) is 23.5 Å². The van der Waals surface area contributed by atoms with E-state index >= 15 is 0 Å². The van der Waals surface area contributed by atoms with Crippen molar-refractivity contribution in [3.63, 3.8) is 0 Å². The Hall–Kier alpha value is -1.36. The second-order valence-corrected chi connectivity index (χ2v) is 5.14. The molecule has 1 fully saturated rings. The van der Waals surface area contributed by atoms with Gasteiger partial charge >= 0.3 is 0 Å². The van der Waals surface area contributed by atoms with E-state index in [2.05, 4.69) is 5.32 Å². The minimum atomic E-state index is -0.0994. The van der Waals surface area contributed by atoms with Crippen LogP contribution in [0.25, 0.3) is 0 Å². The van der Waals surface area contributed by atoms with E-state index < -0.39 is 0 Å². The highest BCUT2D eigenvalue weighted by molar-refractivity contribution is 7.99. The van der Waals surface area contributed by atoms with Crippen LogP contribution in [0.3, 0.4) is 0 Å². The largest absolute Gasteiger partial charge is 0.497 e. The zero-order valence-corrected chi connectivity index (χ0v) is 10.5. The maximum atomic E-state index is 12.0. The van der Waals surface area contributed by atoms with Gasteiger partial charge in [-0.3, -0.25) is 4.79 Å². The van der Waals surface area contributed by atoms with Crippen molar-refractivity contribution in [3.8, 4) is 5.75 Å². The molecule has 5 heteroatoms.